The zero-order chi connectivity index (χ0) is 12.8. The van der Waals surface area contributed by atoms with Crippen molar-refractivity contribution < 1.29 is 4.79 Å². The molecule has 0 atom stereocenters. The fourth-order valence-corrected chi connectivity index (χ4v) is 2.48. The smallest absolute Gasteiger partial charge is 0.160 e. The molecule has 3 nitrogen and oxygen atoms in total. The highest BCUT2D eigenvalue weighted by molar-refractivity contribution is 9.10. The molecule has 0 unspecified atom stereocenters. The number of likely N-dealkylation sites (N-methyl/N-ethyl adjacent to an activating group) is 1. The van der Waals surface area contributed by atoms with E-state index in [-0.39, 0.29) is 5.78 Å². The number of hydrogen-bond donors (Lipinski definition) is 2. The van der Waals surface area contributed by atoms with Crippen molar-refractivity contribution >= 4 is 27.4 Å². The van der Waals surface area contributed by atoms with Crippen LogP contribution in [0.15, 0.2) is 16.6 Å². The van der Waals surface area contributed by atoms with Crippen LogP contribution in [0.25, 0.3) is 0 Å². The van der Waals surface area contributed by atoms with Crippen LogP contribution in [0.2, 0.25) is 0 Å². The number of carbonyl (C=O) groups excluding carboxylic acids is 1. The zero-order valence-electron chi connectivity index (χ0n) is 10.6. The molecular formula is C13H19BrN2O. The summed E-state index contributed by atoms with van der Waals surface area (Å²) in [5.41, 5.74) is 2.86. The monoisotopic (exact) mass is 298 g/mol. The molecule has 0 fully saturated rings. The van der Waals surface area contributed by atoms with E-state index in [1.165, 1.54) is 0 Å². The Kier molecular flexibility index (Phi) is 5.65. The van der Waals surface area contributed by atoms with Gasteiger partial charge in [-0.3, -0.25) is 4.79 Å². The van der Waals surface area contributed by atoms with Gasteiger partial charge in [0, 0.05) is 28.8 Å². The fraction of sp³-hybridized carbons (Fsp3) is 0.462. The van der Waals surface area contributed by atoms with Gasteiger partial charge in [0.1, 0.15) is 0 Å². The van der Waals surface area contributed by atoms with E-state index < -0.39 is 0 Å². The average molecular weight is 299 g/mol. The molecule has 0 aliphatic rings. The van der Waals surface area contributed by atoms with Crippen molar-refractivity contribution in [2.24, 2.45) is 0 Å². The third kappa shape index (κ3) is 3.82. The summed E-state index contributed by atoms with van der Waals surface area (Å²) in [7, 11) is 1.92. The van der Waals surface area contributed by atoms with Crippen LogP contribution >= 0.6 is 15.9 Å². The van der Waals surface area contributed by atoms with E-state index in [9.17, 15) is 4.79 Å². The number of nitrogens with one attached hydrogen (secondary N) is 2. The second kappa shape index (κ2) is 6.77. The second-order valence-corrected chi connectivity index (χ2v) is 4.78. The highest BCUT2D eigenvalue weighted by Gasteiger charge is 2.11. The minimum Gasteiger partial charge on any atom is -0.384 e. The van der Waals surface area contributed by atoms with Gasteiger partial charge in [0.25, 0.3) is 0 Å². The van der Waals surface area contributed by atoms with Gasteiger partial charge in [0.2, 0.25) is 0 Å². The molecule has 1 aromatic rings. The lowest BCUT2D eigenvalue weighted by atomic mass is 10.0. The molecule has 0 spiro atoms. The largest absolute Gasteiger partial charge is 0.384 e. The van der Waals surface area contributed by atoms with Crippen LogP contribution in [0.5, 0.6) is 0 Å². The summed E-state index contributed by atoms with van der Waals surface area (Å²) < 4.78 is 1.000. The molecule has 4 heteroatoms. The Morgan fingerprint density at radius 2 is 2.06 bits per heavy atom. The topological polar surface area (TPSA) is 41.1 Å². The van der Waals surface area contributed by atoms with Gasteiger partial charge >= 0.3 is 0 Å². The molecule has 0 saturated heterocycles. The molecule has 0 heterocycles. The summed E-state index contributed by atoms with van der Waals surface area (Å²) in [4.78, 5) is 11.6. The third-order valence-corrected chi connectivity index (χ3v) is 3.34. The van der Waals surface area contributed by atoms with Crippen molar-refractivity contribution in [3.63, 3.8) is 0 Å². The van der Waals surface area contributed by atoms with Crippen LogP contribution in [0.3, 0.4) is 0 Å². The summed E-state index contributed by atoms with van der Waals surface area (Å²) in [6.45, 7) is 5.40. The van der Waals surface area contributed by atoms with Crippen molar-refractivity contribution in [2.45, 2.75) is 20.3 Å². The van der Waals surface area contributed by atoms with Crippen molar-refractivity contribution in [1.29, 1.82) is 0 Å². The zero-order valence-corrected chi connectivity index (χ0v) is 12.1. The van der Waals surface area contributed by atoms with Crippen LogP contribution in [-0.4, -0.2) is 25.9 Å². The fourth-order valence-electron chi connectivity index (χ4n) is 1.74. The Morgan fingerprint density at radius 3 is 2.59 bits per heavy atom. The predicted molar refractivity (Wildman–Crippen MR) is 75.9 cm³/mol. The molecule has 94 valence electrons. The van der Waals surface area contributed by atoms with Gasteiger partial charge < -0.3 is 10.6 Å². The molecule has 0 aromatic heterocycles. The van der Waals surface area contributed by atoms with E-state index >= 15 is 0 Å². The number of ketones is 1. The van der Waals surface area contributed by atoms with Gasteiger partial charge in [0.15, 0.2) is 5.78 Å². The van der Waals surface area contributed by atoms with Gasteiger partial charge in [-0.2, -0.15) is 0 Å². The van der Waals surface area contributed by atoms with Gasteiger partial charge in [-0.1, -0.05) is 22.9 Å². The summed E-state index contributed by atoms with van der Waals surface area (Å²) in [6, 6.07) is 3.96. The molecular weight excluding hydrogens is 280 g/mol. The van der Waals surface area contributed by atoms with Gasteiger partial charge in [-0.25, -0.2) is 0 Å². The molecule has 1 aromatic carbocycles. The SMILES string of the molecule is CCc1c(Br)cc(NCCNC)cc1C(C)=O. The first-order valence-electron chi connectivity index (χ1n) is 5.82. The molecule has 2 N–H and O–H groups in total. The van der Waals surface area contributed by atoms with Crippen molar-refractivity contribution in [1.82, 2.24) is 5.32 Å². The molecule has 0 bridgehead atoms. The lowest BCUT2D eigenvalue weighted by Crippen LogP contribution is -2.18. The van der Waals surface area contributed by atoms with E-state index in [0.29, 0.717) is 0 Å². The molecule has 0 saturated carbocycles. The lowest BCUT2D eigenvalue weighted by molar-refractivity contribution is 0.101. The van der Waals surface area contributed by atoms with Crippen molar-refractivity contribution in [2.75, 3.05) is 25.5 Å². The Labute approximate surface area is 111 Å². The summed E-state index contributed by atoms with van der Waals surface area (Å²) in [5.74, 6) is 0.111. The quantitative estimate of drug-likeness (QED) is 0.627. The highest BCUT2D eigenvalue weighted by atomic mass is 79.9. The molecule has 0 amide bonds. The average Bonchev–Trinajstić information content (AvgIpc) is 2.28. The first-order chi connectivity index (χ1) is 8.10. The summed E-state index contributed by atoms with van der Waals surface area (Å²) in [6.07, 6.45) is 0.853. The maximum Gasteiger partial charge on any atom is 0.160 e. The van der Waals surface area contributed by atoms with Crippen LogP contribution in [0.4, 0.5) is 5.69 Å². The first kappa shape index (κ1) is 14.2. The Bertz CT molecular complexity index is 405. The van der Waals surface area contributed by atoms with Crippen LogP contribution in [0, 0.1) is 0 Å². The minimum absolute atomic E-state index is 0.111. The summed E-state index contributed by atoms with van der Waals surface area (Å²) in [5, 5.41) is 6.36. The standard InChI is InChI=1S/C13H19BrN2O/c1-4-11-12(9(2)17)7-10(8-13(11)14)16-6-5-15-3/h7-8,15-16H,4-6H2,1-3H3. The molecule has 0 aliphatic heterocycles. The Morgan fingerprint density at radius 1 is 1.35 bits per heavy atom. The Balaban J connectivity index is 2.98. The molecule has 1 rings (SSSR count). The third-order valence-electron chi connectivity index (χ3n) is 2.63. The maximum absolute atomic E-state index is 11.6. The first-order valence-corrected chi connectivity index (χ1v) is 6.61. The lowest BCUT2D eigenvalue weighted by Gasteiger charge is -2.12. The number of anilines is 1. The van der Waals surface area contributed by atoms with Gasteiger partial charge in [-0.05, 0) is 38.1 Å². The van der Waals surface area contributed by atoms with E-state index in [1.54, 1.807) is 6.92 Å². The Hall–Kier alpha value is -0.870. The number of hydrogen-bond acceptors (Lipinski definition) is 3. The van der Waals surface area contributed by atoms with Gasteiger partial charge in [0.05, 0.1) is 0 Å². The van der Waals surface area contributed by atoms with Crippen LogP contribution in [-0.2, 0) is 6.42 Å². The van der Waals surface area contributed by atoms with Gasteiger partial charge in [-0.15, -0.1) is 0 Å². The molecule has 17 heavy (non-hydrogen) atoms. The van der Waals surface area contributed by atoms with E-state index in [1.807, 2.05) is 19.2 Å². The number of carbonyl (C=O) groups is 1. The molecule has 0 aliphatic carbocycles. The van der Waals surface area contributed by atoms with Crippen LogP contribution in [0.1, 0.15) is 29.8 Å². The number of Topliss-reactive ketones (excluding diaryl/α,β-unsaturated/α-hetero) is 1. The number of halogens is 1. The predicted octanol–water partition coefficient (Wildman–Crippen LogP) is 2.85. The van der Waals surface area contributed by atoms with Crippen LogP contribution < -0.4 is 10.6 Å². The highest BCUT2D eigenvalue weighted by Crippen LogP contribution is 2.26. The number of benzene rings is 1. The maximum atomic E-state index is 11.6. The minimum atomic E-state index is 0.111. The van der Waals surface area contributed by atoms with E-state index in [4.69, 9.17) is 0 Å². The normalized spacial score (nSPS) is 10.4. The van der Waals surface area contributed by atoms with Crippen molar-refractivity contribution in [3.05, 3.63) is 27.7 Å². The second-order valence-electron chi connectivity index (χ2n) is 3.92. The summed E-state index contributed by atoms with van der Waals surface area (Å²) >= 11 is 3.53. The number of rotatable bonds is 6. The van der Waals surface area contributed by atoms with Crippen molar-refractivity contribution in [3.8, 4) is 0 Å². The van der Waals surface area contributed by atoms with E-state index in [0.717, 1.165) is 40.8 Å². The van der Waals surface area contributed by atoms with E-state index in [2.05, 4.69) is 33.5 Å². The molecule has 0 radical (unpaired) electrons.